The minimum atomic E-state index is -4.31. The molecule has 4 heteroatoms. The second-order valence-electron chi connectivity index (χ2n) is 5.10. The molecule has 0 bridgehead atoms. The molecular weight excluding hydrogens is 277 g/mol. The van der Waals surface area contributed by atoms with Crippen molar-refractivity contribution in [3.05, 3.63) is 70.8 Å². The van der Waals surface area contributed by atoms with Gasteiger partial charge in [0, 0.05) is 0 Å². The van der Waals surface area contributed by atoms with Crippen LogP contribution in [0.5, 0.6) is 0 Å². The molecule has 2 aromatic carbocycles. The molecule has 0 saturated heterocycles. The van der Waals surface area contributed by atoms with Gasteiger partial charge in [-0.3, -0.25) is 0 Å². The van der Waals surface area contributed by atoms with Gasteiger partial charge in [-0.05, 0) is 48.6 Å². The Labute approximate surface area is 122 Å². The standard InChI is InChI=1S/C17H17F3O/c1-12-11-15(17(18,19)20)9-7-13(12)8-10-16(21)14-5-3-2-4-6-14/h2-7,9,11,16,21H,8,10H2,1H3. The van der Waals surface area contributed by atoms with Gasteiger partial charge >= 0.3 is 6.18 Å². The predicted octanol–water partition coefficient (Wildman–Crippen LogP) is 4.68. The Hall–Kier alpha value is -1.81. The highest BCUT2D eigenvalue weighted by Gasteiger charge is 2.30. The largest absolute Gasteiger partial charge is 0.416 e. The van der Waals surface area contributed by atoms with Gasteiger partial charge < -0.3 is 5.11 Å². The maximum atomic E-state index is 12.6. The Morgan fingerprint density at radius 3 is 2.29 bits per heavy atom. The molecule has 2 rings (SSSR count). The predicted molar refractivity (Wildman–Crippen MR) is 75.9 cm³/mol. The number of hydrogen-bond donors (Lipinski definition) is 1. The van der Waals surface area contributed by atoms with E-state index in [0.717, 1.165) is 23.3 Å². The fourth-order valence-corrected chi connectivity index (χ4v) is 2.29. The van der Waals surface area contributed by atoms with Crippen LogP contribution in [0.1, 0.15) is 34.8 Å². The van der Waals surface area contributed by atoms with E-state index in [-0.39, 0.29) is 0 Å². The summed E-state index contributed by atoms with van der Waals surface area (Å²) in [5.74, 6) is 0. The molecule has 21 heavy (non-hydrogen) atoms. The summed E-state index contributed by atoms with van der Waals surface area (Å²) in [5, 5.41) is 10.1. The van der Waals surface area contributed by atoms with Gasteiger partial charge in [0.05, 0.1) is 11.7 Å². The number of benzene rings is 2. The maximum Gasteiger partial charge on any atom is 0.416 e. The number of aryl methyl sites for hydroxylation is 2. The summed E-state index contributed by atoms with van der Waals surface area (Å²) in [6.07, 6.45) is -3.89. The molecule has 0 radical (unpaired) electrons. The zero-order valence-corrected chi connectivity index (χ0v) is 11.7. The highest BCUT2D eigenvalue weighted by molar-refractivity contribution is 5.32. The van der Waals surface area contributed by atoms with E-state index >= 15 is 0 Å². The zero-order valence-electron chi connectivity index (χ0n) is 11.7. The Bertz CT molecular complexity index is 591. The van der Waals surface area contributed by atoms with Gasteiger partial charge in [0.15, 0.2) is 0 Å². The molecule has 0 aromatic heterocycles. The Balaban J connectivity index is 2.04. The first-order valence-corrected chi connectivity index (χ1v) is 6.77. The van der Waals surface area contributed by atoms with Gasteiger partial charge in [-0.1, -0.05) is 36.4 Å². The van der Waals surface area contributed by atoms with Gasteiger partial charge in [0.25, 0.3) is 0 Å². The van der Waals surface area contributed by atoms with E-state index in [1.54, 1.807) is 6.92 Å². The van der Waals surface area contributed by atoms with Gasteiger partial charge in [0.2, 0.25) is 0 Å². The van der Waals surface area contributed by atoms with Crippen molar-refractivity contribution < 1.29 is 18.3 Å². The maximum absolute atomic E-state index is 12.6. The molecule has 0 spiro atoms. The number of rotatable bonds is 4. The summed E-state index contributed by atoms with van der Waals surface area (Å²) < 4.78 is 37.8. The summed E-state index contributed by atoms with van der Waals surface area (Å²) in [5.41, 5.74) is 1.62. The van der Waals surface area contributed by atoms with Crippen LogP contribution in [0.2, 0.25) is 0 Å². The first-order valence-electron chi connectivity index (χ1n) is 6.77. The lowest BCUT2D eigenvalue weighted by Gasteiger charge is -2.14. The summed E-state index contributed by atoms with van der Waals surface area (Å²) in [6, 6.07) is 13.0. The van der Waals surface area contributed by atoms with Crippen molar-refractivity contribution >= 4 is 0 Å². The molecular formula is C17H17F3O. The molecule has 0 amide bonds. The van der Waals surface area contributed by atoms with E-state index in [4.69, 9.17) is 0 Å². The molecule has 1 atom stereocenters. The van der Waals surface area contributed by atoms with Gasteiger partial charge in [-0.15, -0.1) is 0 Å². The number of aliphatic hydroxyl groups excluding tert-OH is 1. The molecule has 1 nitrogen and oxygen atoms in total. The minimum absolute atomic E-state index is 0.482. The average molecular weight is 294 g/mol. The molecule has 0 heterocycles. The number of hydrogen-bond acceptors (Lipinski definition) is 1. The summed E-state index contributed by atoms with van der Waals surface area (Å²) in [6.45, 7) is 1.67. The molecule has 0 aliphatic heterocycles. The van der Waals surface area contributed by atoms with Crippen LogP contribution in [0.25, 0.3) is 0 Å². The quantitative estimate of drug-likeness (QED) is 0.868. The third kappa shape index (κ3) is 4.08. The second kappa shape index (κ2) is 6.31. The molecule has 1 N–H and O–H groups in total. The van der Waals surface area contributed by atoms with E-state index in [1.165, 1.54) is 6.07 Å². The van der Waals surface area contributed by atoms with Crippen LogP contribution >= 0.6 is 0 Å². The molecule has 0 saturated carbocycles. The fourth-order valence-electron chi connectivity index (χ4n) is 2.29. The normalized spacial score (nSPS) is 13.2. The first-order chi connectivity index (χ1) is 9.88. The highest BCUT2D eigenvalue weighted by atomic mass is 19.4. The topological polar surface area (TPSA) is 20.2 Å². The third-order valence-electron chi connectivity index (χ3n) is 3.54. The monoisotopic (exact) mass is 294 g/mol. The van der Waals surface area contributed by atoms with Crippen LogP contribution < -0.4 is 0 Å². The van der Waals surface area contributed by atoms with E-state index in [1.807, 2.05) is 30.3 Å². The lowest BCUT2D eigenvalue weighted by Crippen LogP contribution is -2.06. The zero-order chi connectivity index (χ0) is 15.5. The summed E-state index contributed by atoms with van der Waals surface area (Å²) in [7, 11) is 0. The van der Waals surface area contributed by atoms with Crippen molar-refractivity contribution in [2.45, 2.75) is 32.0 Å². The lowest BCUT2D eigenvalue weighted by atomic mass is 9.97. The number of halogens is 3. The van der Waals surface area contributed by atoms with Crippen LogP contribution in [-0.4, -0.2) is 5.11 Å². The number of alkyl halides is 3. The second-order valence-corrected chi connectivity index (χ2v) is 5.10. The van der Waals surface area contributed by atoms with E-state index < -0.39 is 17.8 Å². The SMILES string of the molecule is Cc1cc(C(F)(F)F)ccc1CCC(O)c1ccccc1. The molecule has 0 aliphatic rings. The van der Waals surface area contributed by atoms with E-state index in [0.29, 0.717) is 18.4 Å². The summed E-state index contributed by atoms with van der Waals surface area (Å²) in [4.78, 5) is 0. The first kappa shape index (κ1) is 15.6. The van der Waals surface area contributed by atoms with E-state index in [9.17, 15) is 18.3 Å². The minimum Gasteiger partial charge on any atom is -0.388 e. The van der Waals surface area contributed by atoms with Crippen molar-refractivity contribution in [1.29, 1.82) is 0 Å². The Morgan fingerprint density at radius 2 is 1.71 bits per heavy atom. The highest BCUT2D eigenvalue weighted by Crippen LogP contribution is 2.31. The van der Waals surface area contributed by atoms with Crippen LogP contribution in [-0.2, 0) is 12.6 Å². The van der Waals surface area contributed by atoms with Crippen molar-refractivity contribution in [2.75, 3.05) is 0 Å². The Morgan fingerprint density at radius 1 is 1.05 bits per heavy atom. The molecule has 0 fully saturated rings. The van der Waals surface area contributed by atoms with Gasteiger partial charge in [-0.25, -0.2) is 0 Å². The van der Waals surface area contributed by atoms with Gasteiger partial charge in [-0.2, -0.15) is 13.2 Å². The van der Waals surface area contributed by atoms with Crippen LogP contribution in [0.3, 0.4) is 0 Å². The molecule has 1 unspecified atom stereocenters. The van der Waals surface area contributed by atoms with Gasteiger partial charge in [0.1, 0.15) is 0 Å². The number of aliphatic hydroxyl groups is 1. The Kier molecular flexibility index (Phi) is 4.68. The molecule has 2 aromatic rings. The lowest BCUT2D eigenvalue weighted by molar-refractivity contribution is -0.137. The van der Waals surface area contributed by atoms with Crippen molar-refractivity contribution in [3.8, 4) is 0 Å². The van der Waals surface area contributed by atoms with Crippen LogP contribution in [0.4, 0.5) is 13.2 Å². The van der Waals surface area contributed by atoms with Crippen molar-refractivity contribution in [3.63, 3.8) is 0 Å². The van der Waals surface area contributed by atoms with E-state index in [2.05, 4.69) is 0 Å². The van der Waals surface area contributed by atoms with Crippen LogP contribution in [0.15, 0.2) is 48.5 Å². The van der Waals surface area contributed by atoms with Crippen LogP contribution in [0, 0.1) is 6.92 Å². The average Bonchev–Trinajstić information content (AvgIpc) is 2.45. The summed E-state index contributed by atoms with van der Waals surface area (Å²) >= 11 is 0. The smallest absolute Gasteiger partial charge is 0.388 e. The van der Waals surface area contributed by atoms with Crippen molar-refractivity contribution in [1.82, 2.24) is 0 Å². The van der Waals surface area contributed by atoms with Crippen molar-refractivity contribution in [2.24, 2.45) is 0 Å². The molecule has 112 valence electrons. The third-order valence-corrected chi connectivity index (χ3v) is 3.54. The fraction of sp³-hybridized carbons (Fsp3) is 0.294. The molecule has 0 aliphatic carbocycles.